The second kappa shape index (κ2) is 7.74. The molecule has 0 bridgehead atoms. The number of ether oxygens (including phenoxy) is 1. The van der Waals surface area contributed by atoms with Gasteiger partial charge in [0.25, 0.3) is 0 Å². The number of benzene rings is 1. The van der Waals surface area contributed by atoms with E-state index in [2.05, 4.69) is 32.0 Å². The SMILES string of the molecule is COc1ccccc1N1CCN(CCCc2nc3ccccn3n2)CC1. The minimum atomic E-state index is 0.924. The number of para-hydroxylation sites is 2. The predicted molar refractivity (Wildman–Crippen MR) is 103 cm³/mol. The van der Waals surface area contributed by atoms with Gasteiger partial charge in [0.15, 0.2) is 11.5 Å². The first-order chi connectivity index (χ1) is 12.8. The van der Waals surface area contributed by atoms with Crippen LogP contribution < -0.4 is 9.64 Å². The van der Waals surface area contributed by atoms with E-state index in [1.165, 1.54) is 5.69 Å². The maximum atomic E-state index is 5.49. The van der Waals surface area contributed by atoms with Crippen LogP contribution in [-0.4, -0.2) is 59.3 Å². The summed E-state index contributed by atoms with van der Waals surface area (Å²) in [6.07, 6.45) is 3.96. The number of anilines is 1. The summed E-state index contributed by atoms with van der Waals surface area (Å²) in [6.45, 7) is 5.32. The Balaban J connectivity index is 1.26. The van der Waals surface area contributed by atoms with E-state index in [1.807, 2.05) is 41.0 Å². The molecule has 0 N–H and O–H groups in total. The highest BCUT2D eigenvalue weighted by Crippen LogP contribution is 2.28. The van der Waals surface area contributed by atoms with Crippen molar-refractivity contribution in [2.24, 2.45) is 0 Å². The lowest BCUT2D eigenvalue weighted by molar-refractivity contribution is 0.254. The molecule has 0 unspecified atom stereocenters. The van der Waals surface area contributed by atoms with Gasteiger partial charge >= 0.3 is 0 Å². The molecule has 1 fully saturated rings. The van der Waals surface area contributed by atoms with Crippen molar-refractivity contribution in [1.29, 1.82) is 0 Å². The Labute approximate surface area is 154 Å². The molecular weight excluding hydrogens is 326 g/mol. The van der Waals surface area contributed by atoms with E-state index in [0.29, 0.717) is 0 Å². The van der Waals surface area contributed by atoms with Gasteiger partial charge in [0.1, 0.15) is 5.75 Å². The molecule has 1 aliphatic rings. The molecule has 6 nitrogen and oxygen atoms in total. The van der Waals surface area contributed by atoms with Gasteiger partial charge in [-0.3, -0.25) is 4.90 Å². The number of methoxy groups -OCH3 is 1. The molecule has 1 aromatic carbocycles. The molecule has 1 aliphatic heterocycles. The molecule has 2 aromatic heterocycles. The number of hydrogen-bond acceptors (Lipinski definition) is 5. The highest BCUT2D eigenvalue weighted by atomic mass is 16.5. The van der Waals surface area contributed by atoms with E-state index < -0.39 is 0 Å². The molecule has 0 aliphatic carbocycles. The molecule has 6 heteroatoms. The summed E-state index contributed by atoms with van der Waals surface area (Å²) < 4.78 is 7.34. The van der Waals surface area contributed by atoms with E-state index in [4.69, 9.17) is 4.74 Å². The van der Waals surface area contributed by atoms with Crippen molar-refractivity contribution in [2.45, 2.75) is 12.8 Å². The summed E-state index contributed by atoms with van der Waals surface area (Å²) in [7, 11) is 1.74. The topological polar surface area (TPSA) is 45.9 Å². The molecule has 0 atom stereocenters. The Kier molecular flexibility index (Phi) is 5.02. The van der Waals surface area contributed by atoms with Crippen molar-refractivity contribution >= 4 is 11.3 Å². The van der Waals surface area contributed by atoms with Crippen molar-refractivity contribution in [3.05, 3.63) is 54.5 Å². The molecule has 136 valence electrons. The molecule has 26 heavy (non-hydrogen) atoms. The monoisotopic (exact) mass is 351 g/mol. The van der Waals surface area contributed by atoms with Crippen LogP contribution >= 0.6 is 0 Å². The molecule has 0 spiro atoms. The minimum Gasteiger partial charge on any atom is -0.495 e. The highest BCUT2D eigenvalue weighted by Gasteiger charge is 2.19. The summed E-state index contributed by atoms with van der Waals surface area (Å²) >= 11 is 0. The number of pyridine rings is 1. The molecule has 3 heterocycles. The van der Waals surface area contributed by atoms with E-state index in [9.17, 15) is 0 Å². The van der Waals surface area contributed by atoms with Crippen molar-refractivity contribution in [3.63, 3.8) is 0 Å². The lowest BCUT2D eigenvalue weighted by atomic mass is 10.2. The van der Waals surface area contributed by atoms with Crippen molar-refractivity contribution in [3.8, 4) is 5.75 Å². The Morgan fingerprint density at radius 2 is 1.81 bits per heavy atom. The summed E-state index contributed by atoms with van der Waals surface area (Å²) in [5, 5.41) is 4.53. The quantitative estimate of drug-likeness (QED) is 0.683. The Morgan fingerprint density at radius 1 is 1.00 bits per heavy atom. The molecular formula is C20H25N5O. The van der Waals surface area contributed by atoms with Gasteiger partial charge in [0.05, 0.1) is 12.8 Å². The van der Waals surface area contributed by atoms with Gasteiger partial charge in [-0.25, -0.2) is 9.50 Å². The maximum absolute atomic E-state index is 5.49. The number of hydrogen-bond donors (Lipinski definition) is 0. The lowest BCUT2D eigenvalue weighted by Crippen LogP contribution is -2.46. The first-order valence-corrected chi connectivity index (χ1v) is 9.24. The fraction of sp³-hybridized carbons (Fsp3) is 0.400. The Bertz CT molecular complexity index is 821. The van der Waals surface area contributed by atoms with Crippen LogP contribution in [0.2, 0.25) is 0 Å². The van der Waals surface area contributed by atoms with E-state index >= 15 is 0 Å². The summed E-state index contributed by atoms with van der Waals surface area (Å²) in [5.41, 5.74) is 2.12. The minimum absolute atomic E-state index is 0.924. The average Bonchev–Trinajstić information content (AvgIpc) is 3.11. The van der Waals surface area contributed by atoms with Crippen LogP contribution in [-0.2, 0) is 6.42 Å². The van der Waals surface area contributed by atoms with Crippen LogP contribution in [0.1, 0.15) is 12.2 Å². The molecule has 4 rings (SSSR count). The number of piperazine rings is 1. The number of fused-ring (bicyclic) bond motifs is 1. The summed E-state index contributed by atoms with van der Waals surface area (Å²) in [4.78, 5) is 9.52. The third kappa shape index (κ3) is 3.65. The van der Waals surface area contributed by atoms with Gasteiger partial charge < -0.3 is 9.64 Å². The smallest absolute Gasteiger partial charge is 0.155 e. The van der Waals surface area contributed by atoms with Gasteiger partial charge in [-0.1, -0.05) is 18.2 Å². The number of aryl methyl sites for hydroxylation is 1. The van der Waals surface area contributed by atoms with Crippen LogP contribution in [0.3, 0.4) is 0 Å². The molecule has 1 saturated heterocycles. The highest BCUT2D eigenvalue weighted by molar-refractivity contribution is 5.58. The standard InChI is InChI=1S/C20H25N5O/c1-26-18-8-3-2-7-17(18)24-15-13-23(14-16-24)11-6-9-19-21-20-10-4-5-12-25(20)22-19/h2-5,7-8,10,12H,6,9,11,13-16H2,1H3. The Morgan fingerprint density at radius 3 is 2.62 bits per heavy atom. The van der Waals surface area contributed by atoms with Crippen LogP contribution in [0.5, 0.6) is 5.75 Å². The number of aromatic nitrogens is 3. The molecule has 0 radical (unpaired) electrons. The van der Waals surface area contributed by atoms with Crippen molar-refractivity contribution in [2.75, 3.05) is 44.7 Å². The van der Waals surface area contributed by atoms with Gasteiger partial charge in [-0.05, 0) is 37.2 Å². The molecule has 0 amide bonds. The second-order valence-electron chi connectivity index (χ2n) is 6.64. The summed E-state index contributed by atoms with van der Waals surface area (Å²) in [5.74, 6) is 1.89. The van der Waals surface area contributed by atoms with Crippen LogP contribution in [0.4, 0.5) is 5.69 Å². The van der Waals surface area contributed by atoms with Crippen LogP contribution in [0.25, 0.3) is 5.65 Å². The number of nitrogens with zero attached hydrogens (tertiary/aromatic N) is 5. The normalized spacial score (nSPS) is 15.5. The van der Waals surface area contributed by atoms with E-state index in [1.54, 1.807) is 7.11 Å². The average molecular weight is 351 g/mol. The van der Waals surface area contributed by atoms with Crippen LogP contribution in [0.15, 0.2) is 48.7 Å². The zero-order valence-corrected chi connectivity index (χ0v) is 15.2. The zero-order chi connectivity index (χ0) is 17.8. The van der Waals surface area contributed by atoms with Crippen molar-refractivity contribution < 1.29 is 4.74 Å². The largest absolute Gasteiger partial charge is 0.495 e. The van der Waals surface area contributed by atoms with Gasteiger partial charge in [0.2, 0.25) is 0 Å². The zero-order valence-electron chi connectivity index (χ0n) is 15.2. The first kappa shape index (κ1) is 16.8. The molecule has 3 aromatic rings. The maximum Gasteiger partial charge on any atom is 0.155 e. The third-order valence-corrected chi connectivity index (χ3v) is 4.96. The van der Waals surface area contributed by atoms with Gasteiger partial charge in [0, 0.05) is 38.8 Å². The van der Waals surface area contributed by atoms with Gasteiger partial charge in [-0.2, -0.15) is 5.10 Å². The van der Waals surface area contributed by atoms with E-state index in [-0.39, 0.29) is 0 Å². The lowest BCUT2D eigenvalue weighted by Gasteiger charge is -2.36. The van der Waals surface area contributed by atoms with Gasteiger partial charge in [-0.15, -0.1) is 0 Å². The first-order valence-electron chi connectivity index (χ1n) is 9.24. The summed E-state index contributed by atoms with van der Waals surface area (Å²) in [6, 6.07) is 14.2. The van der Waals surface area contributed by atoms with E-state index in [0.717, 1.165) is 62.8 Å². The number of rotatable bonds is 6. The fourth-order valence-electron chi connectivity index (χ4n) is 3.55. The Hall–Kier alpha value is -2.60. The van der Waals surface area contributed by atoms with Crippen molar-refractivity contribution in [1.82, 2.24) is 19.5 Å². The second-order valence-corrected chi connectivity index (χ2v) is 6.64. The fourth-order valence-corrected chi connectivity index (χ4v) is 3.55. The molecule has 0 saturated carbocycles. The third-order valence-electron chi connectivity index (χ3n) is 4.96. The van der Waals surface area contributed by atoms with Crippen LogP contribution in [0, 0.1) is 0 Å². The predicted octanol–water partition coefficient (Wildman–Crippen LogP) is 2.49.